The number of furan rings is 1. The maximum absolute atomic E-state index is 11.6. The summed E-state index contributed by atoms with van der Waals surface area (Å²) in [5, 5.41) is 16.9. The third-order valence-corrected chi connectivity index (χ3v) is 13.5. The van der Waals surface area contributed by atoms with E-state index in [1.807, 2.05) is 12.1 Å². The van der Waals surface area contributed by atoms with E-state index in [1.54, 1.807) is 0 Å². The first-order chi connectivity index (χ1) is 30.1. The van der Waals surface area contributed by atoms with Crippen LogP contribution in [0, 0.1) is 16.7 Å². The van der Waals surface area contributed by atoms with Crippen molar-refractivity contribution in [3.05, 3.63) is 155 Å². The molecule has 0 aliphatic carbocycles. The maximum Gasteiger partial charge on any atom is 0.161 e. The molecule has 4 heteroatoms. The van der Waals surface area contributed by atoms with Gasteiger partial charge in [0.2, 0.25) is 0 Å². The predicted molar refractivity (Wildman–Crippen MR) is 274 cm³/mol. The minimum absolute atomic E-state index is 0.0703. The van der Waals surface area contributed by atoms with E-state index >= 15 is 0 Å². The first-order valence-corrected chi connectivity index (χ1v) is 22.7. The summed E-state index contributed by atoms with van der Waals surface area (Å²) in [4.78, 5) is 0. The predicted octanol–water partition coefficient (Wildman–Crippen LogP) is 17.2. The largest absolute Gasteiger partial charge is 0.453 e. The lowest BCUT2D eigenvalue weighted by Crippen LogP contribution is -2.12. The second-order valence-electron chi connectivity index (χ2n) is 22.0. The molecule has 9 rings (SSSR count). The van der Waals surface area contributed by atoms with Crippen LogP contribution in [0.3, 0.4) is 0 Å². The molecular formula is C60H61N3O. The zero-order chi connectivity index (χ0) is 45.8. The van der Waals surface area contributed by atoms with Crippen molar-refractivity contribution in [1.29, 1.82) is 5.26 Å². The van der Waals surface area contributed by atoms with Crippen molar-refractivity contribution < 1.29 is 4.42 Å². The van der Waals surface area contributed by atoms with Gasteiger partial charge in [-0.2, -0.15) is 5.26 Å². The molecule has 0 aliphatic rings. The van der Waals surface area contributed by atoms with Crippen LogP contribution >= 0.6 is 0 Å². The molecule has 0 bridgehead atoms. The van der Waals surface area contributed by atoms with Gasteiger partial charge in [0.1, 0.15) is 17.3 Å². The molecule has 9 aromatic rings. The SMILES string of the molecule is C=Cc1c(/C=C(/C)C(C)(C)C)n(-c2c(C#N)cc3c(oc4c(-c5ccccc5)cccc43)c2-n2c3ccc(C(C)(C)C)cc3c3cc(C(C)(C)C)ccc32)c2ccc(C(C)(C)C)cc12. The zero-order valence-corrected chi connectivity index (χ0v) is 40.0. The number of nitrogens with zero attached hydrogens (tertiary/aromatic N) is 3. The second-order valence-corrected chi connectivity index (χ2v) is 22.0. The average molecular weight is 840 g/mol. The summed E-state index contributed by atoms with van der Waals surface area (Å²) in [5.74, 6) is 0. The fourth-order valence-corrected chi connectivity index (χ4v) is 9.29. The van der Waals surface area contributed by atoms with Crippen molar-refractivity contribution in [3.8, 4) is 28.6 Å². The summed E-state index contributed by atoms with van der Waals surface area (Å²) in [6.07, 6.45) is 4.30. The monoisotopic (exact) mass is 839 g/mol. The molecule has 0 saturated carbocycles. The Labute approximate surface area is 379 Å². The molecule has 4 nitrogen and oxygen atoms in total. The quantitative estimate of drug-likeness (QED) is 0.173. The minimum atomic E-state index is -0.115. The molecule has 6 aromatic carbocycles. The Kier molecular flexibility index (Phi) is 9.84. The van der Waals surface area contributed by atoms with Crippen LogP contribution in [0.4, 0.5) is 0 Å². The van der Waals surface area contributed by atoms with Crippen molar-refractivity contribution in [1.82, 2.24) is 9.13 Å². The summed E-state index contributed by atoms with van der Waals surface area (Å²) in [6.45, 7) is 33.8. The number of fused-ring (bicyclic) bond motifs is 7. The Hall–Kier alpha value is -6.57. The zero-order valence-electron chi connectivity index (χ0n) is 40.0. The van der Waals surface area contributed by atoms with E-state index in [0.717, 1.165) is 77.6 Å². The van der Waals surface area contributed by atoms with Crippen LogP contribution in [0.5, 0.6) is 0 Å². The van der Waals surface area contributed by atoms with Gasteiger partial charge in [-0.3, -0.25) is 0 Å². The van der Waals surface area contributed by atoms with Gasteiger partial charge in [-0.1, -0.05) is 168 Å². The summed E-state index contributed by atoms with van der Waals surface area (Å²) in [5.41, 5.74) is 15.5. The van der Waals surface area contributed by atoms with Crippen molar-refractivity contribution in [2.45, 2.75) is 106 Å². The highest BCUT2D eigenvalue weighted by Gasteiger charge is 2.31. The lowest BCUT2D eigenvalue weighted by atomic mass is 9.85. The van der Waals surface area contributed by atoms with Gasteiger partial charge in [-0.25, -0.2) is 0 Å². The molecule has 0 spiro atoms. The highest BCUT2D eigenvalue weighted by molar-refractivity contribution is 6.16. The van der Waals surface area contributed by atoms with Crippen LogP contribution in [0.15, 0.2) is 126 Å². The van der Waals surface area contributed by atoms with Crippen LogP contribution in [0.1, 0.15) is 124 Å². The number of para-hydroxylation sites is 1. The molecule has 0 radical (unpaired) electrons. The highest BCUT2D eigenvalue weighted by Crippen LogP contribution is 2.48. The summed E-state index contributed by atoms with van der Waals surface area (Å²) >= 11 is 0. The maximum atomic E-state index is 11.6. The Balaban J connectivity index is 1.57. The van der Waals surface area contributed by atoms with Crippen LogP contribution < -0.4 is 0 Å². The first kappa shape index (κ1) is 42.7. The van der Waals surface area contributed by atoms with Gasteiger partial charge in [-0.15, -0.1) is 0 Å². The Morgan fingerprint density at radius 1 is 0.562 bits per heavy atom. The number of rotatable bonds is 5. The molecule has 0 fully saturated rings. The van der Waals surface area contributed by atoms with Crippen molar-refractivity contribution in [3.63, 3.8) is 0 Å². The molecular weight excluding hydrogens is 779 g/mol. The first-order valence-electron chi connectivity index (χ1n) is 22.7. The van der Waals surface area contributed by atoms with E-state index < -0.39 is 0 Å². The Bertz CT molecular complexity index is 3360. The van der Waals surface area contributed by atoms with E-state index in [0.29, 0.717) is 5.56 Å². The van der Waals surface area contributed by atoms with Crippen molar-refractivity contribution in [2.75, 3.05) is 0 Å². The molecule has 322 valence electrons. The molecule has 3 heterocycles. The van der Waals surface area contributed by atoms with E-state index in [9.17, 15) is 5.26 Å². The number of hydrogen-bond acceptors (Lipinski definition) is 2. The third-order valence-electron chi connectivity index (χ3n) is 13.5. The normalized spacial score (nSPS) is 13.2. The molecule has 0 aliphatic heterocycles. The number of nitriles is 1. The molecule has 0 amide bonds. The van der Waals surface area contributed by atoms with Gasteiger partial charge in [0.25, 0.3) is 0 Å². The van der Waals surface area contributed by atoms with E-state index in [2.05, 4.69) is 221 Å². The average Bonchev–Trinajstić information content (AvgIpc) is 3.88. The van der Waals surface area contributed by atoms with E-state index in [4.69, 9.17) is 4.42 Å². The van der Waals surface area contributed by atoms with Gasteiger partial charge in [0.05, 0.1) is 33.5 Å². The number of hydrogen-bond donors (Lipinski definition) is 0. The summed E-state index contributed by atoms with van der Waals surface area (Å²) in [7, 11) is 0. The Morgan fingerprint density at radius 3 is 1.59 bits per heavy atom. The van der Waals surface area contributed by atoms with Gasteiger partial charge < -0.3 is 13.6 Å². The standard InChI is InChI=1S/C60H61N3O/c1-15-42-45-32-39(58(6,7)8)24-27-49(45)63(52(42)30-36(2)57(3,4)5)53-38(35-61)31-48-44-23-19-22-43(37-20-17-16-18-21-37)55(44)64-56(48)54(53)62-50-28-25-40(59(9,10)11)33-46(50)47-34-41(60(12,13)14)26-29-51(47)62/h15-34H,1H2,2-14H3/b36-30-. The molecule has 0 N–H and O–H groups in total. The van der Waals surface area contributed by atoms with Gasteiger partial charge in [-0.05, 0) is 99.4 Å². The number of benzene rings is 6. The second kappa shape index (κ2) is 14.7. The van der Waals surface area contributed by atoms with E-state index in [1.165, 1.54) is 33.0 Å². The topological polar surface area (TPSA) is 46.8 Å². The molecule has 64 heavy (non-hydrogen) atoms. The molecule has 0 saturated heterocycles. The van der Waals surface area contributed by atoms with Gasteiger partial charge in [0.15, 0.2) is 5.58 Å². The Morgan fingerprint density at radius 2 is 1.09 bits per heavy atom. The molecule has 0 unspecified atom stereocenters. The molecule has 0 atom stereocenters. The number of aromatic nitrogens is 2. The van der Waals surface area contributed by atoms with Gasteiger partial charge in [0, 0.05) is 38.1 Å². The minimum Gasteiger partial charge on any atom is -0.453 e. The van der Waals surface area contributed by atoms with Gasteiger partial charge >= 0.3 is 0 Å². The molecule has 3 aromatic heterocycles. The third kappa shape index (κ3) is 6.89. The van der Waals surface area contributed by atoms with Crippen LogP contribution in [-0.2, 0) is 16.2 Å². The van der Waals surface area contributed by atoms with Crippen LogP contribution in [0.25, 0.3) is 89.3 Å². The number of allylic oxidation sites excluding steroid dienone is 1. The van der Waals surface area contributed by atoms with Crippen molar-refractivity contribution in [2.24, 2.45) is 5.41 Å². The fourth-order valence-electron chi connectivity index (χ4n) is 9.29. The highest BCUT2D eigenvalue weighted by atomic mass is 16.3. The van der Waals surface area contributed by atoms with Crippen molar-refractivity contribution >= 4 is 66.8 Å². The van der Waals surface area contributed by atoms with Crippen LogP contribution in [-0.4, -0.2) is 9.13 Å². The smallest absolute Gasteiger partial charge is 0.161 e. The fraction of sp³-hybridized carbons (Fsp3) is 0.283. The lowest BCUT2D eigenvalue weighted by Gasteiger charge is -2.23. The van der Waals surface area contributed by atoms with Crippen LogP contribution in [0.2, 0.25) is 0 Å². The summed E-state index contributed by atoms with van der Waals surface area (Å²) in [6, 6.07) is 42.3. The van der Waals surface area contributed by atoms with E-state index in [-0.39, 0.29) is 21.7 Å². The lowest BCUT2D eigenvalue weighted by molar-refractivity contribution is 0.507. The summed E-state index contributed by atoms with van der Waals surface area (Å²) < 4.78 is 12.1.